The van der Waals surface area contributed by atoms with Crippen LogP contribution in [0.25, 0.3) is 10.8 Å². The highest BCUT2D eigenvalue weighted by atomic mass is 35.5. The van der Waals surface area contributed by atoms with Gasteiger partial charge in [-0.15, -0.1) is 11.6 Å². The number of alkyl halides is 1. The van der Waals surface area contributed by atoms with Crippen molar-refractivity contribution in [2.75, 3.05) is 19.6 Å². The molecule has 0 atom stereocenters. The molecule has 0 heterocycles. The molecule has 3 nitrogen and oxygen atoms in total. The number of benzene rings is 2. The average molecular weight is 309 g/mol. The zero-order chi connectivity index (χ0) is 15.2. The molecule has 0 spiro atoms. The molecule has 21 heavy (non-hydrogen) atoms. The molecule has 0 aromatic heterocycles. The Morgan fingerprint density at radius 3 is 2.62 bits per heavy atom. The van der Waals surface area contributed by atoms with Gasteiger partial charge in [0.2, 0.25) is 0 Å². The number of halogens is 1. The summed E-state index contributed by atoms with van der Waals surface area (Å²) in [7, 11) is 1.65. The van der Waals surface area contributed by atoms with Crippen molar-refractivity contribution in [3.05, 3.63) is 30.3 Å². The molecule has 4 heteroatoms. The number of hydrogen-bond donors (Lipinski definition) is 0. The average Bonchev–Trinajstić information content (AvgIpc) is 2.46. The van der Waals surface area contributed by atoms with Gasteiger partial charge in [-0.1, -0.05) is 6.07 Å². The van der Waals surface area contributed by atoms with E-state index in [1.165, 1.54) is 0 Å². The van der Waals surface area contributed by atoms with Crippen molar-refractivity contribution in [3.8, 4) is 17.2 Å². The largest absolute Gasteiger partial charge is 0.492 e. The molecule has 114 valence electrons. The van der Waals surface area contributed by atoms with Crippen LogP contribution in [-0.2, 0) is 0 Å². The van der Waals surface area contributed by atoms with Gasteiger partial charge < -0.3 is 14.2 Å². The van der Waals surface area contributed by atoms with Gasteiger partial charge in [-0.25, -0.2) is 0 Å². The van der Waals surface area contributed by atoms with Crippen molar-refractivity contribution in [3.63, 3.8) is 0 Å². The van der Waals surface area contributed by atoms with E-state index in [1.54, 1.807) is 7.11 Å². The molecule has 2 aromatic rings. The smallest absolute Gasteiger partial charge is 0.168 e. The summed E-state index contributed by atoms with van der Waals surface area (Å²) in [6, 6.07) is 9.91. The summed E-state index contributed by atoms with van der Waals surface area (Å²) < 4.78 is 17.0. The first kappa shape index (κ1) is 15.8. The van der Waals surface area contributed by atoms with Gasteiger partial charge in [0.1, 0.15) is 5.75 Å². The van der Waals surface area contributed by atoms with Crippen LogP contribution < -0.4 is 14.2 Å². The number of rotatable bonds is 7. The minimum atomic E-state index is 0.155. The van der Waals surface area contributed by atoms with E-state index in [0.717, 1.165) is 34.4 Å². The SMILES string of the molecule is COc1c(OCCCCl)ccc2cc(OC(C)C)ccc12. The second kappa shape index (κ2) is 7.41. The fraction of sp³-hybridized carbons (Fsp3) is 0.412. The van der Waals surface area contributed by atoms with E-state index in [1.807, 2.05) is 44.2 Å². The predicted octanol–water partition coefficient (Wildman–Crippen LogP) is 4.64. The Balaban J connectivity index is 2.33. The number of ether oxygens (including phenoxy) is 3. The second-order valence-corrected chi connectivity index (χ2v) is 5.42. The monoisotopic (exact) mass is 308 g/mol. The van der Waals surface area contributed by atoms with Gasteiger partial charge in [0.05, 0.1) is 19.8 Å². The van der Waals surface area contributed by atoms with Gasteiger partial charge in [0.25, 0.3) is 0 Å². The maximum Gasteiger partial charge on any atom is 0.168 e. The number of fused-ring (bicyclic) bond motifs is 1. The minimum absolute atomic E-state index is 0.155. The number of hydrogen-bond acceptors (Lipinski definition) is 3. The Morgan fingerprint density at radius 2 is 1.95 bits per heavy atom. The van der Waals surface area contributed by atoms with Crippen LogP contribution in [-0.4, -0.2) is 25.7 Å². The fourth-order valence-corrected chi connectivity index (χ4v) is 2.27. The van der Waals surface area contributed by atoms with Crippen molar-refractivity contribution >= 4 is 22.4 Å². The third-order valence-corrected chi connectivity index (χ3v) is 3.28. The standard InChI is InChI=1S/C17H21ClO3/c1-12(2)21-14-6-7-15-13(11-14)5-8-16(17(15)19-3)20-10-4-9-18/h5-8,11-12H,4,9-10H2,1-3H3. The summed E-state index contributed by atoms with van der Waals surface area (Å²) in [4.78, 5) is 0. The molecule has 0 amide bonds. The van der Waals surface area contributed by atoms with E-state index in [-0.39, 0.29) is 6.10 Å². The lowest BCUT2D eigenvalue weighted by atomic mass is 10.1. The van der Waals surface area contributed by atoms with Crippen LogP contribution in [0.5, 0.6) is 17.2 Å². The lowest BCUT2D eigenvalue weighted by Crippen LogP contribution is -2.05. The summed E-state index contributed by atoms with van der Waals surface area (Å²) in [5.41, 5.74) is 0. The Labute approximate surface area is 130 Å². The van der Waals surface area contributed by atoms with Crippen LogP contribution in [0.2, 0.25) is 0 Å². The lowest BCUT2D eigenvalue weighted by Gasteiger charge is -2.14. The molecule has 0 aliphatic rings. The van der Waals surface area contributed by atoms with Gasteiger partial charge in [0.15, 0.2) is 11.5 Å². The molecular formula is C17H21ClO3. The summed E-state index contributed by atoms with van der Waals surface area (Å²) >= 11 is 5.67. The third-order valence-electron chi connectivity index (χ3n) is 3.02. The zero-order valence-corrected chi connectivity index (χ0v) is 13.4. The minimum Gasteiger partial charge on any atom is -0.492 e. The molecule has 0 bridgehead atoms. The second-order valence-electron chi connectivity index (χ2n) is 5.04. The van der Waals surface area contributed by atoms with E-state index in [9.17, 15) is 0 Å². The van der Waals surface area contributed by atoms with Crippen molar-refractivity contribution in [2.24, 2.45) is 0 Å². The highest BCUT2D eigenvalue weighted by molar-refractivity contribution is 6.17. The molecular weight excluding hydrogens is 288 g/mol. The highest BCUT2D eigenvalue weighted by Crippen LogP contribution is 2.37. The number of methoxy groups -OCH3 is 1. The molecule has 0 fully saturated rings. The predicted molar refractivity (Wildman–Crippen MR) is 87.1 cm³/mol. The van der Waals surface area contributed by atoms with E-state index in [0.29, 0.717) is 12.5 Å². The Morgan fingerprint density at radius 1 is 1.14 bits per heavy atom. The Hall–Kier alpha value is -1.61. The first-order valence-corrected chi connectivity index (χ1v) is 7.65. The van der Waals surface area contributed by atoms with Crippen LogP contribution in [0.1, 0.15) is 20.3 Å². The van der Waals surface area contributed by atoms with E-state index < -0.39 is 0 Å². The van der Waals surface area contributed by atoms with Gasteiger partial charge >= 0.3 is 0 Å². The van der Waals surface area contributed by atoms with E-state index in [4.69, 9.17) is 25.8 Å². The molecule has 0 saturated carbocycles. The van der Waals surface area contributed by atoms with Gasteiger partial charge in [0, 0.05) is 11.3 Å². The molecule has 0 aliphatic heterocycles. The molecule has 0 N–H and O–H groups in total. The van der Waals surface area contributed by atoms with Crippen LogP contribution in [0.3, 0.4) is 0 Å². The Bertz CT molecular complexity index is 596. The maximum atomic E-state index is 5.73. The molecule has 0 aliphatic carbocycles. The van der Waals surface area contributed by atoms with E-state index >= 15 is 0 Å². The molecule has 0 radical (unpaired) electrons. The first-order chi connectivity index (χ1) is 10.2. The van der Waals surface area contributed by atoms with Crippen LogP contribution in [0, 0.1) is 0 Å². The van der Waals surface area contributed by atoms with Crippen molar-refractivity contribution < 1.29 is 14.2 Å². The quantitative estimate of drug-likeness (QED) is 0.551. The van der Waals surface area contributed by atoms with Crippen LogP contribution in [0.4, 0.5) is 0 Å². The van der Waals surface area contributed by atoms with Crippen molar-refractivity contribution in [2.45, 2.75) is 26.4 Å². The summed E-state index contributed by atoms with van der Waals surface area (Å²) in [6.45, 7) is 4.61. The molecule has 0 unspecified atom stereocenters. The summed E-state index contributed by atoms with van der Waals surface area (Å²) in [6.07, 6.45) is 0.965. The molecule has 2 rings (SSSR count). The lowest BCUT2D eigenvalue weighted by molar-refractivity contribution is 0.242. The van der Waals surface area contributed by atoms with E-state index in [2.05, 4.69) is 0 Å². The van der Waals surface area contributed by atoms with Crippen molar-refractivity contribution in [1.82, 2.24) is 0 Å². The van der Waals surface area contributed by atoms with Crippen LogP contribution >= 0.6 is 11.6 Å². The normalized spacial score (nSPS) is 10.9. The fourth-order valence-electron chi connectivity index (χ4n) is 2.17. The zero-order valence-electron chi connectivity index (χ0n) is 12.7. The van der Waals surface area contributed by atoms with Crippen molar-refractivity contribution in [1.29, 1.82) is 0 Å². The topological polar surface area (TPSA) is 27.7 Å². The van der Waals surface area contributed by atoms with Gasteiger partial charge in [-0.2, -0.15) is 0 Å². The van der Waals surface area contributed by atoms with Crippen LogP contribution in [0.15, 0.2) is 30.3 Å². The van der Waals surface area contributed by atoms with Gasteiger partial charge in [-0.3, -0.25) is 0 Å². The third kappa shape index (κ3) is 3.94. The maximum absolute atomic E-state index is 5.73. The molecule has 0 saturated heterocycles. The summed E-state index contributed by atoms with van der Waals surface area (Å²) in [5.74, 6) is 2.94. The Kier molecular flexibility index (Phi) is 5.57. The summed E-state index contributed by atoms with van der Waals surface area (Å²) in [5, 5.41) is 2.08. The van der Waals surface area contributed by atoms with Gasteiger partial charge in [-0.05, 0) is 49.9 Å². The highest BCUT2D eigenvalue weighted by Gasteiger charge is 2.10. The first-order valence-electron chi connectivity index (χ1n) is 7.12. The molecule has 2 aromatic carbocycles.